The summed E-state index contributed by atoms with van der Waals surface area (Å²) in [4.78, 5) is 4.13. The molecule has 0 bridgehead atoms. The van der Waals surface area contributed by atoms with Crippen LogP contribution in [0.2, 0.25) is 5.02 Å². The Morgan fingerprint density at radius 1 is 1.64 bits per heavy atom. The number of nitrogens with zero attached hydrogens (tertiary/aromatic N) is 1. The van der Waals surface area contributed by atoms with Crippen molar-refractivity contribution < 1.29 is 0 Å². The Balaban J connectivity index is 2.62. The standard InChI is InChI=1S/C7H8ClNS2/c1-10-5-11-7-6(8)3-2-4-9-7/h2-4H,5H2,1H3. The van der Waals surface area contributed by atoms with E-state index in [1.807, 2.05) is 12.1 Å². The minimum absolute atomic E-state index is 0.742. The lowest BCUT2D eigenvalue weighted by Crippen LogP contribution is -1.79. The Morgan fingerprint density at radius 3 is 3.09 bits per heavy atom. The Hall–Kier alpha value is 0.140. The second-order valence-electron chi connectivity index (χ2n) is 1.84. The molecule has 1 aromatic heterocycles. The number of pyridine rings is 1. The summed E-state index contributed by atoms with van der Waals surface area (Å²) in [7, 11) is 0. The third-order valence-electron chi connectivity index (χ3n) is 1.04. The zero-order valence-electron chi connectivity index (χ0n) is 6.08. The predicted molar refractivity (Wildman–Crippen MR) is 53.5 cm³/mol. The molecule has 0 saturated heterocycles. The van der Waals surface area contributed by atoms with Crippen molar-refractivity contribution in [3.05, 3.63) is 23.4 Å². The summed E-state index contributed by atoms with van der Waals surface area (Å²) in [6, 6.07) is 3.70. The van der Waals surface area contributed by atoms with Gasteiger partial charge in [0, 0.05) is 11.3 Å². The third-order valence-corrected chi connectivity index (χ3v) is 3.47. The molecule has 0 aliphatic rings. The SMILES string of the molecule is CSCSc1ncccc1Cl. The fourth-order valence-electron chi connectivity index (χ4n) is 0.592. The van der Waals surface area contributed by atoms with Gasteiger partial charge in [-0.25, -0.2) is 4.98 Å². The zero-order chi connectivity index (χ0) is 8.10. The van der Waals surface area contributed by atoms with Crippen LogP contribution in [0.4, 0.5) is 0 Å². The largest absolute Gasteiger partial charge is 0.248 e. The molecule has 0 radical (unpaired) electrons. The highest BCUT2D eigenvalue weighted by Crippen LogP contribution is 2.25. The van der Waals surface area contributed by atoms with Crippen molar-refractivity contribution in [3.63, 3.8) is 0 Å². The number of hydrogen-bond donors (Lipinski definition) is 0. The first-order chi connectivity index (χ1) is 5.34. The Labute approximate surface area is 79.9 Å². The number of rotatable bonds is 3. The van der Waals surface area contributed by atoms with Gasteiger partial charge in [-0.2, -0.15) is 11.8 Å². The van der Waals surface area contributed by atoms with Crippen molar-refractivity contribution in [2.24, 2.45) is 0 Å². The van der Waals surface area contributed by atoms with Crippen molar-refractivity contribution in [2.75, 3.05) is 11.3 Å². The summed E-state index contributed by atoms with van der Waals surface area (Å²) < 4.78 is 0. The first-order valence-electron chi connectivity index (χ1n) is 3.07. The van der Waals surface area contributed by atoms with Crippen molar-refractivity contribution in [3.8, 4) is 0 Å². The molecule has 1 rings (SSSR count). The maximum Gasteiger partial charge on any atom is 0.115 e. The van der Waals surface area contributed by atoms with Gasteiger partial charge >= 0.3 is 0 Å². The van der Waals surface area contributed by atoms with Gasteiger partial charge in [0.25, 0.3) is 0 Å². The van der Waals surface area contributed by atoms with Crippen LogP contribution in [0.3, 0.4) is 0 Å². The summed E-state index contributed by atoms with van der Waals surface area (Å²) >= 11 is 9.30. The van der Waals surface area contributed by atoms with Crippen LogP contribution in [0.1, 0.15) is 0 Å². The molecule has 1 heterocycles. The minimum Gasteiger partial charge on any atom is -0.248 e. The summed E-state index contributed by atoms with van der Waals surface area (Å²) in [5.74, 6) is 0. The van der Waals surface area contributed by atoms with Gasteiger partial charge in [-0.05, 0) is 18.4 Å². The molecule has 0 N–H and O–H groups in total. The van der Waals surface area contributed by atoms with Crippen LogP contribution in [0.15, 0.2) is 23.4 Å². The average Bonchev–Trinajstić information content (AvgIpc) is 2.03. The molecule has 0 aliphatic carbocycles. The van der Waals surface area contributed by atoms with Gasteiger partial charge in [-0.1, -0.05) is 23.4 Å². The van der Waals surface area contributed by atoms with Gasteiger partial charge in [-0.3, -0.25) is 0 Å². The van der Waals surface area contributed by atoms with E-state index >= 15 is 0 Å². The molecule has 1 nitrogen and oxygen atoms in total. The topological polar surface area (TPSA) is 12.9 Å². The highest BCUT2D eigenvalue weighted by Gasteiger charge is 1.98. The van der Waals surface area contributed by atoms with Crippen LogP contribution in [-0.2, 0) is 0 Å². The first kappa shape index (κ1) is 9.23. The molecule has 0 fully saturated rings. The minimum atomic E-state index is 0.742. The first-order valence-corrected chi connectivity index (χ1v) is 5.82. The molecule has 4 heteroatoms. The number of thioether (sulfide) groups is 2. The highest BCUT2D eigenvalue weighted by atomic mass is 35.5. The molecular weight excluding hydrogens is 198 g/mol. The van der Waals surface area contributed by atoms with Crippen molar-refractivity contribution >= 4 is 35.1 Å². The van der Waals surface area contributed by atoms with Gasteiger partial charge < -0.3 is 0 Å². The lowest BCUT2D eigenvalue weighted by Gasteiger charge is -1.99. The molecule has 0 atom stereocenters. The van der Waals surface area contributed by atoms with E-state index < -0.39 is 0 Å². The molecule has 0 aliphatic heterocycles. The average molecular weight is 206 g/mol. The van der Waals surface area contributed by atoms with Gasteiger partial charge in [0.2, 0.25) is 0 Å². The lowest BCUT2D eigenvalue weighted by atomic mass is 10.5. The molecule has 0 amide bonds. The number of halogens is 1. The molecule has 0 unspecified atom stereocenters. The molecule has 0 aromatic carbocycles. The Morgan fingerprint density at radius 2 is 2.45 bits per heavy atom. The molecular formula is C7H8ClNS2. The third kappa shape index (κ3) is 2.93. The van der Waals surface area contributed by atoms with Gasteiger partial charge in [-0.15, -0.1) is 0 Å². The molecule has 60 valence electrons. The smallest absolute Gasteiger partial charge is 0.115 e. The number of hydrogen-bond acceptors (Lipinski definition) is 3. The maximum absolute atomic E-state index is 5.87. The van der Waals surface area contributed by atoms with Crippen LogP contribution in [0.25, 0.3) is 0 Å². The van der Waals surface area contributed by atoms with Crippen molar-refractivity contribution in [2.45, 2.75) is 5.03 Å². The van der Waals surface area contributed by atoms with Crippen LogP contribution >= 0.6 is 35.1 Å². The van der Waals surface area contributed by atoms with E-state index in [0.29, 0.717) is 0 Å². The fourth-order valence-corrected chi connectivity index (χ4v) is 2.14. The van der Waals surface area contributed by atoms with E-state index in [4.69, 9.17) is 11.6 Å². The van der Waals surface area contributed by atoms with Crippen molar-refractivity contribution in [1.82, 2.24) is 4.98 Å². The van der Waals surface area contributed by atoms with E-state index in [0.717, 1.165) is 15.1 Å². The van der Waals surface area contributed by atoms with Gasteiger partial charge in [0.15, 0.2) is 0 Å². The van der Waals surface area contributed by atoms with Crippen LogP contribution < -0.4 is 0 Å². The highest BCUT2D eigenvalue weighted by molar-refractivity contribution is 8.15. The second kappa shape index (κ2) is 4.91. The van der Waals surface area contributed by atoms with E-state index in [9.17, 15) is 0 Å². The molecule has 11 heavy (non-hydrogen) atoms. The summed E-state index contributed by atoms with van der Waals surface area (Å²) in [5, 5.41) is 2.66. The van der Waals surface area contributed by atoms with E-state index in [-0.39, 0.29) is 0 Å². The molecule has 1 aromatic rings. The predicted octanol–water partition coefficient (Wildman–Crippen LogP) is 3.15. The van der Waals surface area contributed by atoms with Gasteiger partial charge in [0.05, 0.1) is 5.02 Å². The summed E-state index contributed by atoms with van der Waals surface area (Å²) in [6.45, 7) is 0. The normalized spacial score (nSPS) is 10.0. The van der Waals surface area contributed by atoms with Crippen LogP contribution in [-0.4, -0.2) is 16.3 Å². The Bertz CT molecular complexity index is 229. The monoisotopic (exact) mass is 205 g/mol. The quantitative estimate of drug-likeness (QED) is 0.556. The summed E-state index contributed by atoms with van der Waals surface area (Å²) in [6.07, 6.45) is 3.82. The maximum atomic E-state index is 5.87. The second-order valence-corrected chi connectivity index (χ2v) is 4.44. The molecule has 0 spiro atoms. The van der Waals surface area contributed by atoms with E-state index in [1.54, 1.807) is 29.7 Å². The summed E-state index contributed by atoms with van der Waals surface area (Å²) in [5.41, 5.74) is 0. The van der Waals surface area contributed by atoms with E-state index in [1.165, 1.54) is 0 Å². The van der Waals surface area contributed by atoms with E-state index in [2.05, 4.69) is 11.2 Å². The lowest BCUT2D eigenvalue weighted by molar-refractivity contribution is 1.14. The van der Waals surface area contributed by atoms with Crippen molar-refractivity contribution in [1.29, 1.82) is 0 Å². The van der Waals surface area contributed by atoms with Crippen LogP contribution in [0, 0.1) is 0 Å². The number of aromatic nitrogens is 1. The fraction of sp³-hybridized carbons (Fsp3) is 0.286. The Kier molecular flexibility index (Phi) is 4.12. The molecule has 0 saturated carbocycles. The zero-order valence-corrected chi connectivity index (χ0v) is 8.47. The van der Waals surface area contributed by atoms with Gasteiger partial charge in [0.1, 0.15) is 5.03 Å². The van der Waals surface area contributed by atoms with Crippen LogP contribution in [0.5, 0.6) is 0 Å².